The van der Waals surface area contributed by atoms with Gasteiger partial charge in [-0.05, 0) is 44.0 Å². The van der Waals surface area contributed by atoms with Crippen LogP contribution < -0.4 is 11.1 Å². The van der Waals surface area contributed by atoms with E-state index in [1.54, 1.807) is 0 Å². The Balaban J connectivity index is 1.84. The molecule has 0 unspecified atom stereocenters. The molecule has 2 aromatic rings. The van der Waals surface area contributed by atoms with Gasteiger partial charge in [-0.3, -0.25) is 0 Å². The quantitative estimate of drug-likeness (QED) is 0.821. The van der Waals surface area contributed by atoms with Gasteiger partial charge in [0.25, 0.3) is 0 Å². The molecule has 1 saturated heterocycles. The van der Waals surface area contributed by atoms with E-state index in [1.807, 2.05) is 24.5 Å². The standard InChI is InChI=1S/C13H18N4/c14-11-3-6-17-12(8-11)9-16-13(17)7-10-1-4-15-5-2-10/h3,6,8-10,15H,1-2,4-5,7,14H2. The third-order valence-electron chi connectivity index (χ3n) is 3.56. The van der Waals surface area contributed by atoms with Gasteiger partial charge in [0.05, 0.1) is 11.7 Å². The SMILES string of the molecule is Nc1ccn2c(CC3CCNCC3)ncc2c1. The lowest BCUT2D eigenvalue weighted by atomic mass is 9.94. The van der Waals surface area contributed by atoms with Crippen molar-refractivity contribution in [2.24, 2.45) is 5.92 Å². The van der Waals surface area contributed by atoms with E-state index in [9.17, 15) is 0 Å². The van der Waals surface area contributed by atoms with E-state index in [2.05, 4.69) is 14.7 Å². The molecule has 17 heavy (non-hydrogen) atoms. The van der Waals surface area contributed by atoms with Crippen LogP contribution in [0.25, 0.3) is 5.52 Å². The van der Waals surface area contributed by atoms with Crippen molar-refractivity contribution in [1.82, 2.24) is 14.7 Å². The summed E-state index contributed by atoms with van der Waals surface area (Å²) in [6, 6.07) is 3.90. The largest absolute Gasteiger partial charge is 0.399 e. The van der Waals surface area contributed by atoms with Gasteiger partial charge >= 0.3 is 0 Å². The van der Waals surface area contributed by atoms with Crippen molar-refractivity contribution in [3.05, 3.63) is 30.4 Å². The van der Waals surface area contributed by atoms with Gasteiger partial charge in [0.2, 0.25) is 0 Å². The van der Waals surface area contributed by atoms with Crippen LogP contribution in [0.2, 0.25) is 0 Å². The minimum absolute atomic E-state index is 0.763. The van der Waals surface area contributed by atoms with Gasteiger partial charge in [-0.15, -0.1) is 0 Å². The Labute approximate surface area is 101 Å². The molecule has 0 radical (unpaired) electrons. The van der Waals surface area contributed by atoms with Gasteiger partial charge in [-0.2, -0.15) is 0 Å². The number of piperidine rings is 1. The average molecular weight is 230 g/mol. The second kappa shape index (κ2) is 4.37. The first kappa shape index (κ1) is 10.6. The Kier molecular flexibility index (Phi) is 2.73. The van der Waals surface area contributed by atoms with Crippen LogP contribution in [0.3, 0.4) is 0 Å². The highest BCUT2D eigenvalue weighted by Crippen LogP contribution is 2.19. The first-order chi connectivity index (χ1) is 8.33. The Morgan fingerprint density at radius 1 is 1.41 bits per heavy atom. The molecular formula is C13H18N4. The van der Waals surface area contributed by atoms with Crippen molar-refractivity contribution in [1.29, 1.82) is 0 Å². The van der Waals surface area contributed by atoms with Crippen LogP contribution in [0.15, 0.2) is 24.5 Å². The molecule has 3 heterocycles. The van der Waals surface area contributed by atoms with E-state index in [0.717, 1.165) is 42.5 Å². The fourth-order valence-electron chi connectivity index (χ4n) is 2.57. The Hall–Kier alpha value is -1.55. The summed E-state index contributed by atoms with van der Waals surface area (Å²) in [5, 5.41) is 3.40. The zero-order valence-electron chi connectivity index (χ0n) is 9.89. The summed E-state index contributed by atoms with van der Waals surface area (Å²) < 4.78 is 2.15. The summed E-state index contributed by atoms with van der Waals surface area (Å²) in [7, 11) is 0. The molecule has 0 saturated carbocycles. The molecule has 0 bridgehead atoms. The maximum absolute atomic E-state index is 5.77. The maximum Gasteiger partial charge on any atom is 0.113 e. The zero-order chi connectivity index (χ0) is 11.7. The molecule has 0 amide bonds. The van der Waals surface area contributed by atoms with Crippen LogP contribution in [0.1, 0.15) is 18.7 Å². The molecule has 0 aromatic carbocycles. The predicted molar refractivity (Wildman–Crippen MR) is 68.9 cm³/mol. The number of hydrogen-bond donors (Lipinski definition) is 2. The molecule has 0 atom stereocenters. The van der Waals surface area contributed by atoms with Crippen molar-refractivity contribution < 1.29 is 0 Å². The molecule has 1 aliphatic rings. The minimum Gasteiger partial charge on any atom is -0.399 e. The highest BCUT2D eigenvalue weighted by atomic mass is 15.0. The molecular weight excluding hydrogens is 212 g/mol. The van der Waals surface area contributed by atoms with Crippen LogP contribution in [-0.2, 0) is 6.42 Å². The van der Waals surface area contributed by atoms with E-state index in [4.69, 9.17) is 5.73 Å². The molecule has 2 aromatic heterocycles. The molecule has 4 heteroatoms. The van der Waals surface area contributed by atoms with Crippen LogP contribution in [-0.4, -0.2) is 22.5 Å². The summed E-state index contributed by atoms with van der Waals surface area (Å²) in [6.45, 7) is 2.28. The second-order valence-corrected chi connectivity index (χ2v) is 4.83. The van der Waals surface area contributed by atoms with Gasteiger partial charge in [0.1, 0.15) is 5.82 Å². The van der Waals surface area contributed by atoms with E-state index in [-0.39, 0.29) is 0 Å². The van der Waals surface area contributed by atoms with E-state index in [0.29, 0.717) is 0 Å². The predicted octanol–water partition coefficient (Wildman–Crippen LogP) is 1.46. The van der Waals surface area contributed by atoms with Crippen LogP contribution in [0.4, 0.5) is 5.69 Å². The lowest BCUT2D eigenvalue weighted by molar-refractivity contribution is 0.367. The van der Waals surface area contributed by atoms with Crippen LogP contribution in [0.5, 0.6) is 0 Å². The number of pyridine rings is 1. The smallest absolute Gasteiger partial charge is 0.113 e. The van der Waals surface area contributed by atoms with E-state index < -0.39 is 0 Å². The Morgan fingerprint density at radius 2 is 2.24 bits per heavy atom. The molecule has 90 valence electrons. The number of hydrogen-bond acceptors (Lipinski definition) is 3. The zero-order valence-corrected chi connectivity index (χ0v) is 9.89. The molecule has 0 aliphatic carbocycles. The number of aromatic nitrogens is 2. The fourth-order valence-corrected chi connectivity index (χ4v) is 2.57. The Morgan fingerprint density at radius 3 is 3.06 bits per heavy atom. The molecule has 4 nitrogen and oxygen atoms in total. The first-order valence-electron chi connectivity index (χ1n) is 6.25. The fraction of sp³-hybridized carbons (Fsp3) is 0.462. The third kappa shape index (κ3) is 2.13. The summed E-state index contributed by atoms with van der Waals surface area (Å²) in [4.78, 5) is 4.52. The number of anilines is 1. The van der Waals surface area contributed by atoms with Crippen LogP contribution in [0, 0.1) is 5.92 Å². The number of nitrogens with two attached hydrogens (primary N) is 1. The normalized spacial score (nSPS) is 17.6. The summed E-state index contributed by atoms with van der Waals surface area (Å²) in [6.07, 6.45) is 7.51. The van der Waals surface area contributed by atoms with Gasteiger partial charge in [-0.1, -0.05) is 0 Å². The minimum atomic E-state index is 0.763. The number of nitrogens with zero attached hydrogens (tertiary/aromatic N) is 2. The van der Waals surface area contributed by atoms with Crippen molar-refractivity contribution in [2.45, 2.75) is 19.3 Å². The average Bonchev–Trinajstić information content (AvgIpc) is 2.73. The number of nitrogens with one attached hydrogen (secondary N) is 1. The first-order valence-corrected chi connectivity index (χ1v) is 6.25. The summed E-state index contributed by atoms with van der Waals surface area (Å²) >= 11 is 0. The molecule has 1 fully saturated rings. The summed E-state index contributed by atoms with van der Waals surface area (Å²) in [5.74, 6) is 1.92. The van der Waals surface area contributed by atoms with Crippen molar-refractivity contribution in [3.8, 4) is 0 Å². The van der Waals surface area contributed by atoms with E-state index >= 15 is 0 Å². The number of fused-ring (bicyclic) bond motifs is 1. The third-order valence-corrected chi connectivity index (χ3v) is 3.56. The highest BCUT2D eigenvalue weighted by molar-refractivity contribution is 5.55. The van der Waals surface area contributed by atoms with Gasteiger partial charge in [0, 0.05) is 18.3 Å². The second-order valence-electron chi connectivity index (χ2n) is 4.83. The van der Waals surface area contributed by atoms with Gasteiger partial charge in [-0.25, -0.2) is 4.98 Å². The van der Waals surface area contributed by atoms with Crippen molar-refractivity contribution in [3.63, 3.8) is 0 Å². The lowest BCUT2D eigenvalue weighted by Gasteiger charge is -2.21. The van der Waals surface area contributed by atoms with E-state index in [1.165, 1.54) is 12.8 Å². The molecule has 0 spiro atoms. The molecule has 1 aliphatic heterocycles. The number of imidazole rings is 1. The topological polar surface area (TPSA) is 55.4 Å². The van der Waals surface area contributed by atoms with Crippen LogP contribution >= 0.6 is 0 Å². The molecule has 3 N–H and O–H groups in total. The van der Waals surface area contributed by atoms with Crippen molar-refractivity contribution >= 4 is 11.2 Å². The highest BCUT2D eigenvalue weighted by Gasteiger charge is 2.15. The lowest BCUT2D eigenvalue weighted by Crippen LogP contribution is -2.29. The number of nitrogen functional groups attached to an aromatic ring is 1. The van der Waals surface area contributed by atoms with Gasteiger partial charge < -0.3 is 15.5 Å². The van der Waals surface area contributed by atoms with Crippen molar-refractivity contribution in [2.75, 3.05) is 18.8 Å². The summed E-state index contributed by atoms with van der Waals surface area (Å²) in [5.41, 5.74) is 7.66. The Bertz CT molecular complexity index is 511. The molecule has 3 rings (SSSR count). The number of rotatable bonds is 2. The van der Waals surface area contributed by atoms with Gasteiger partial charge in [0.15, 0.2) is 0 Å². The maximum atomic E-state index is 5.77. The monoisotopic (exact) mass is 230 g/mol.